The van der Waals surface area contributed by atoms with E-state index in [1.54, 1.807) is 11.5 Å². The van der Waals surface area contributed by atoms with E-state index >= 15 is 0 Å². The molecule has 3 heteroatoms. The lowest BCUT2D eigenvalue weighted by molar-refractivity contribution is 0.325. The molecule has 13 heavy (non-hydrogen) atoms. The maximum Gasteiger partial charge on any atom is 0.0975 e. The predicted octanol–water partition coefficient (Wildman–Crippen LogP) is 2.58. The summed E-state index contributed by atoms with van der Waals surface area (Å²) in [6.07, 6.45) is 8.08. The van der Waals surface area contributed by atoms with Crippen molar-refractivity contribution in [1.29, 1.82) is 0 Å². The fourth-order valence-electron chi connectivity index (χ4n) is 1.68. The predicted molar refractivity (Wildman–Crippen MR) is 52.7 cm³/mol. The molecular weight excluding hydrogens is 189 g/mol. The summed E-state index contributed by atoms with van der Waals surface area (Å²) in [7, 11) is 1.77. The normalized spacial score (nSPS) is 28.4. The van der Waals surface area contributed by atoms with Crippen molar-refractivity contribution in [2.45, 2.75) is 12.8 Å². The smallest absolute Gasteiger partial charge is 0.0975 e. The summed E-state index contributed by atoms with van der Waals surface area (Å²) in [5.41, 5.74) is 0. The molecular formula is C10H13ClFN. The van der Waals surface area contributed by atoms with Gasteiger partial charge in [0.25, 0.3) is 0 Å². The fraction of sp³-hybridized carbons (Fsp3) is 0.600. The van der Waals surface area contributed by atoms with Crippen LogP contribution in [0.5, 0.6) is 0 Å². The topological polar surface area (TPSA) is 3.24 Å². The Morgan fingerprint density at radius 1 is 1.85 bits per heavy atom. The third-order valence-electron chi connectivity index (χ3n) is 2.18. The zero-order valence-corrected chi connectivity index (χ0v) is 8.39. The monoisotopic (exact) mass is 201 g/mol. The van der Waals surface area contributed by atoms with Crippen LogP contribution in [0.15, 0.2) is 11.9 Å². The average molecular weight is 202 g/mol. The second kappa shape index (κ2) is 4.64. The van der Waals surface area contributed by atoms with E-state index in [9.17, 15) is 4.39 Å². The number of halogens is 2. The van der Waals surface area contributed by atoms with Gasteiger partial charge in [-0.25, -0.2) is 8.81 Å². The SMILES string of the molecule is C#CC1C=C(F)CC(CN(C)Cl)C1. The van der Waals surface area contributed by atoms with Gasteiger partial charge < -0.3 is 0 Å². The zero-order valence-electron chi connectivity index (χ0n) is 7.63. The van der Waals surface area contributed by atoms with Crippen molar-refractivity contribution >= 4 is 11.8 Å². The first kappa shape index (κ1) is 10.6. The molecule has 1 aliphatic rings. The number of nitrogens with zero attached hydrogens (tertiary/aromatic N) is 1. The summed E-state index contributed by atoms with van der Waals surface area (Å²) in [6.45, 7) is 0.682. The van der Waals surface area contributed by atoms with E-state index in [2.05, 4.69) is 5.92 Å². The third kappa shape index (κ3) is 3.38. The molecule has 1 nitrogen and oxygen atoms in total. The Balaban J connectivity index is 2.54. The highest BCUT2D eigenvalue weighted by atomic mass is 35.5. The van der Waals surface area contributed by atoms with Crippen LogP contribution >= 0.6 is 11.8 Å². The van der Waals surface area contributed by atoms with E-state index in [1.807, 2.05) is 0 Å². The van der Waals surface area contributed by atoms with Crippen LogP contribution in [-0.2, 0) is 0 Å². The molecule has 0 aromatic rings. The molecule has 0 aromatic carbocycles. The van der Waals surface area contributed by atoms with Crippen LogP contribution in [0.3, 0.4) is 0 Å². The minimum Gasteiger partial charge on any atom is -0.223 e. The Kier molecular flexibility index (Phi) is 3.77. The average Bonchev–Trinajstić information content (AvgIpc) is 2.01. The molecule has 0 saturated carbocycles. The van der Waals surface area contributed by atoms with Crippen LogP contribution in [0.4, 0.5) is 4.39 Å². The molecule has 0 aromatic heterocycles. The first-order valence-corrected chi connectivity index (χ1v) is 4.65. The van der Waals surface area contributed by atoms with E-state index in [0.29, 0.717) is 13.0 Å². The fourth-order valence-corrected chi connectivity index (χ4v) is 1.88. The van der Waals surface area contributed by atoms with Crippen molar-refractivity contribution in [3.63, 3.8) is 0 Å². The van der Waals surface area contributed by atoms with Crippen LogP contribution in [0.25, 0.3) is 0 Å². The van der Waals surface area contributed by atoms with Gasteiger partial charge in [0.15, 0.2) is 0 Å². The third-order valence-corrected chi connectivity index (χ3v) is 2.31. The quantitative estimate of drug-likeness (QED) is 0.491. The molecule has 1 rings (SSSR count). The molecule has 0 heterocycles. The van der Waals surface area contributed by atoms with Gasteiger partial charge in [0, 0.05) is 25.9 Å². The number of allylic oxidation sites excluding steroid dienone is 2. The number of hydrogen-bond donors (Lipinski definition) is 0. The van der Waals surface area contributed by atoms with Gasteiger partial charge in [-0.15, -0.1) is 6.42 Å². The highest BCUT2D eigenvalue weighted by molar-refractivity contribution is 6.13. The molecule has 0 fully saturated rings. The zero-order chi connectivity index (χ0) is 9.84. The van der Waals surface area contributed by atoms with Crippen molar-refractivity contribution in [2.24, 2.45) is 11.8 Å². The summed E-state index contributed by atoms with van der Waals surface area (Å²) < 4.78 is 14.6. The van der Waals surface area contributed by atoms with E-state index in [1.165, 1.54) is 6.08 Å². The van der Waals surface area contributed by atoms with Crippen molar-refractivity contribution in [3.8, 4) is 12.3 Å². The van der Waals surface area contributed by atoms with Gasteiger partial charge in [0.05, 0.1) is 5.83 Å². The van der Waals surface area contributed by atoms with Gasteiger partial charge in [-0.2, -0.15) is 0 Å². The summed E-state index contributed by atoms with van der Waals surface area (Å²) in [6, 6.07) is 0. The van der Waals surface area contributed by atoms with Gasteiger partial charge in [-0.3, -0.25) is 0 Å². The largest absolute Gasteiger partial charge is 0.223 e. The molecule has 0 spiro atoms. The van der Waals surface area contributed by atoms with Crippen LogP contribution in [0.1, 0.15) is 12.8 Å². The molecule has 2 atom stereocenters. The van der Waals surface area contributed by atoms with Crippen LogP contribution in [0.2, 0.25) is 0 Å². The molecule has 0 bridgehead atoms. The maximum atomic E-state index is 13.0. The highest BCUT2D eigenvalue weighted by Crippen LogP contribution is 2.29. The van der Waals surface area contributed by atoms with Crippen LogP contribution in [0, 0.1) is 24.2 Å². The first-order valence-electron chi connectivity index (χ1n) is 4.31. The summed E-state index contributed by atoms with van der Waals surface area (Å²) in [5, 5.41) is 0. The van der Waals surface area contributed by atoms with Gasteiger partial charge in [-0.1, -0.05) is 5.92 Å². The molecule has 72 valence electrons. The minimum atomic E-state index is -0.0993. The van der Waals surface area contributed by atoms with Gasteiger partial charge in [0.2, 0.25) is 0 Å². The summed E-state index contributed by atoms with van der Waals surface area (Å²) in [4.78, 5) is 0. The van der Waals surface area contributed by atoms with E-state index < -0.39 is 0 Å². The lowest BCUT2D eigenvalue weighted by atomic mass is 9.86. The first-order chi connectivity index (χ1) is 6.11. The Labute approximate surface area is 83.7 Å². The number of terminal acetylenes is 1. The van der Waals surface area contributed by atoms with Crippen molar-refractivity contribution in [1.82, 2.24) is 4.42 Å². The maximum absolute atomic E-state index is 13.0. The number of hydrogen-bond acceptors (Lipinski definition) is 1. The Bertz CT molecular complexity index is 242. The van der Waals surface area contributed by atoms with E-state index in [-0.39, 0.29) is 17.7 Å². The Hall–Kier alpha value is -0.520. The highest BCUT2D eigenvalue weighted by Gasteiger charge is 2.22. The minimum absolute atomic E-state index is 0.0598. The van der Waals surface area contributed by atoms with E-state index in [4.69, 9.17) is 18.2 Å². The van der Waals surface area contributed by atoms with E-state index in [0.717, 1.165) is 6.42 Å². The summed E-state index contributed by atoms with van der Waals surface area (Å²) >= 11 is 5.69. The molecule has 2 unspecified atom stereocenters. The lowest BCUT2D eigenvalue weighted by Crippen LogP contribution is -2.22. The molecule has 0 amide bonds. The van der Waals surface area contributed by atoms with Crippen LogP contribution in [-0.4, -0.2) is 18.0 Å². The second-order valence-electron chi connectivity index (χ2n) is 3.48. The second-order valence-corrected chi connectivity index (χ2v) is 4.06. The Morgan fingerprint density at radius 3 is 3.08 bits per heavy atom. The van der Waals surface area contributed by atoms with Gasteiger partial charge in [-0.05, 0) is 30.2 Å². The number of rotatable bonds is 2. The van der Waals surface area contributed by atoms with Crippen molar-refractivity contribution < 1.29 is 4.39 Å². The van der Waals surface area contributed by atoms with Gasteiger partial charge >= 0.3 is 0 Å². The molecule has 0 aliphatic heterocycles. The molecule has 0 radical (unpaired) electrons. The van der Waals surface area contributed by atoms with Crippen LogP contribution < -0.4 is 0 Å². The van der Waals surface area contributed by atoms with Gasteiger partial charge in [0.1, 0.15) is 0 Å². The van der Waals surface area contributed by atoms with Crippen molar-refractivity contribution in [3.05, 3.63) is 11.9 Å². The lowest BCUT2D eigenvalue weighted by Gasteiger charge is -2.24. The molecule has 1 aliphatic carbocycles. The standard InChI is InChI=1S/C10H13ClFN/c1-3-8-4-9(7-13(2)11)6-10(12)5-8/h1,5,8-9H,4,6-7H2,2H3. The summed E-state index contributed by atoms with van der Waals surface area (Å²) in [5.74, 6) is 2.64. The molecule has 0 saturated heterocycles. The Morgan fingerprint density at radius 2 is 2.54 bits per heavy atom. The van der Waals surface area contributed by atoms with Crippen molar-refractivity contribution in [2.75, 3.05) is 13.6 Å². The molecule has 0 N–H and O–H groups in total.